The highest BCUT2D eigenvalue weighted by molar-refractivity contribution is 5.80. The van der Waals surface area contributed by atoms with E-state index >= 15 is 0 Å². The van der Waals surface area contributed by atoms with Crippen LogP contribution >= 0.6 is 0 Å². The molecule has 2 aliphatic rings. The lowest BCUT2D eigenvalue weighted by Gasteiger charge is -2.38. The molecule has 0 bridgehead atoms. The number of hydrogen-bond acceptors (Lipinski definition) is 3. The van der Waals surface area contributed by atoms with Gasteiger partial charge in [0.25, 0.3) is 0 Å². The molecular formula is C19H30N4O. The van der Waals surface area contributed by atoms with Crippen LogP contribution < -0.4 is 10.2 Å². The molecule has 2 saturated heterocycles. The van der Waals surface area contributed by atoms with Gasteiger partial charge in [-0.15, -0.1) is 0 Å². The monoisotopic (exact) mass is 330 g/mol. The second-order valence-electron chi connectivity index (χ2n) is 6.85. The molecule has 0 aromatic heterocycles. The molecule has 0 spiro atoms. The first-order valence-corrected chi connectivity index (χ1v) is 9.03. The predicted molar refractivity (Wildman–Crippen MR) is 100.0 cm³/mol. The number of nitrogens with one attached hydrogen (secondary N) is 1. The largest absolute Gasteiger partial charge is 0.381 e. The number of nitrogens with zero attached hydrogens (tertiary/aromatic N) is 3. The molecule has 0 saturated carbocycles. The predicted octanol–water partition coefficient (Wildman–Crippen LogP) is 2.04. The number of anilines is 1. The zero-order chi connectivity index (χ0) is 16.9. The van der Waals surface area contributed by atoms with Crippen LogP contribution in [0.5, 0.6) is 0 Å². The molecule has 0 unspecified atom stereocenters. The number of aliphatic imine (C=N–C) groups is 1. The lowest BCUT2D eigenvalue weighted by atomic mass is 10.1. The van der Waals surface area contributed by atoms with E-state index in [0.717, 1.165) is 58.3 Å². The summed E-state index contributed by atoms with van der Waals surface area (Å²) in [6.07, 6.45) is 1.16. The summed E-state index contributed by atoms with van der Waals surface area (Å²) in [6, 6.07) is 6.59. The first-order chi connectivity index (χ1) is 11.7. The maximum atomic E-state index is 5.45. The second kappa shape index (κ2) is 7.88. The highest BCUT2D eigenvalue weighted by atomic mass is 16.5. The maximum absolute atomic E-state index is 5.45. The highest BCUT2D eigenvalue weighted by Crippen LogP contribution is 2.23. The Balaban J connectivity index is 1.54. The molecule has 2 aliphatic heterocycles. The number of aryl methyl sites for hydroxylation is 1. The number of rotatable bonds is 3. The fraction of sp³-hybridized carbons (Fsp3) is 0.632. The molecule has 5 heteroatoms. The summed E-state index contributed by atoms with van der Waals surface area (Å²) < 4.78 is 5.45. The van der Waals surface area contributed by atoms with Crippen molar-refractivity contribution in [2.24, 2.45) is 10.9 Å². The van der Waals surface area contributed by atoms with Crippen molar-refractivity contribution in [3.05, 3.63) is 29.3 Å². The van der Waals surface area contributed by atoms with Gasteiger partial charge in [-0.1, -0.05) is 12.1 Å². The second-order valence-corrected chi connectivity index (χ2v) is 6.85. The summed E-state index contributed by atoms with van der Waals surface area (Å²) in [5, 5.41) is 3.53. The average Bonchev–Trinajstić information content (AvgIpc) is 3.12. The van der Waals surface area contributed by atoms with Crippen LogP contribution in [0.25, 0.3) is 0 Å². The molecule has 2 heterocycles. The summed E-state index contributed by atoms with van der Waals surface area (Å²) in [6.45, 7) is 11.3. The fourth-order valence-electron chi connectivity index (χ4n) is 3.55. The summed E-state index contributed by atoms with van der Waals surface area (Å²) in [7, 11) is 1.88. The van der Waals surface area contributed by atoms with Crippen LogP contribution in [0, 0.1) is 19.8 Å². The molecule has 1 atom stereocenters. The Morgan fingerprint density at radius 2 is 2.04 bits per heavy atom. The van der Waals surface area contributed by atoms with E-state index in [0.29, 0.717) is 5.92 Å². The van der Waals surface area contributed by atoms with Crippen molar-refractivity contribution >= 4 is 11.6 Å². The third-order valence-electron chi connectivity index (χ3n) is 5.28. The number of benzene rings is 1. The van der Waals surface area contributed by atoms with Crippen LogP contribution in [0.1, 0.15) is 17.5 Å². The van der Waals surface area contributed by atoms with Crippen molar-refractivity contribution in [1.29, 1.82) is 0 Å². The van der Waals surface area contributed by atoms with E-state index in [2.05, 4.69) is 52.2 Å². The third kappa shape index (κ3) is 3.83. The topological polar surface area (TPSA) is 40.1 Å². The minimum absolute atomic E-state index is 0.623. The molecule has 24 heavy (non-hydrogen) atoms. The van der Waals surface area contributed by atoms with E-state index < -0.39 is 0 Å². The molecule has 3 rings (SSSR count). The van der Waals surface area contributed by atoms with Crippen molar-refractivity contribution < 1.29 is 4.74 Å². The lowest BCUT2D eigenvalue weighted by Crippen LogP contribution is -2.53. The van der Waals surface area contributed by atoms with Crippen LogP contribution in [0.15, 0.2) is 23.2 Å². The number of piperazine rings is 1. The van der Waals surface area contributed by atoms with Crippen LogP contribution in [-0.4, -0.2) is 63.8 Å². The Hall–Kier alpha value is -1.75. The van der Waals surface area contributed by atoms with E-state index in [1.165, 1.54) is 16.8 Å². The summed E-state index contributed by atoms with van der Waals surface area (Å²) in [5.74, 6) is 1.65. The van der Waals surface area contributed by atoms with Gasteiger partial charge in [-0.05, 0) is 37.5 Å². The Labute approximate surface area is 145 Å². The average molecular weight is 330 g/mol. The van der Waals surface area contributed by atoms with E-state index in [9.17, 15) is 0 Å². The van der Waals surface area contributed by atoms with Crippen molar-refractivity contribution in [3.63, 3.8) is 0 Å². The number of hydrogen-bond donors (Lipinski definition) is 1. The van der Waals surface area contributed by atoms with Gasteiger partial charge in [-0.25, -0.2) is 0 Å². The van der Waals surface area contributed by atoms with E-state index in [-0.39, 0.29) is 0 Å². The first kappa shape index (κ1) is 17.1. The number of ether oxygens (including phenoxy) is 1. The summed E-state index contributed by atoms with van der Waals surface area (Å²) in [5.41, 5.74) is 4.14. The van der Waals surface area contributed by atoms with Crippen molar-refractivity contribution in [3.8, 4) is 0 Å². The summed E-state index contributed by atoms with van der Waals surface area (Å²) in [4.78, 5) is 9.34. The molecule has 2 fully saturated rings. The van der Waals surface area contributed by atoms with Gasteiger partial charge in [-0.2, -0.15) is 0 Å². The van der Waals surface area contributed by atoms with Gasteiger partial charge in [0, 0.05) is 58.0 Å². The van der Waals surface area contributed by atoms with Gasteiger partial charge in [0.1, 0.15) is 0 Å². The Kier molecular flexibility index (Phi) is 5.61. The van der Waals surface area contributed by atoms with Crippen LogP contribution in [0.3, 0.4) is 0 Å². The van der Waals surface area contributed by atoms with Gasteiger partial charge in [0.2, 0.25) is 0 Å². The zero-order valence-corrected chi connectivity index (χ0v) is 15.2. The standard InChI is InChI=1S/C19H30N4O/c1-15-5-4-6-18(16(15)2)22-8-10-23(11-9-22)19(20-3)21-13-17-7-12-24-14-17/h4-6,17H,7-14H2,1-3H3,(H,20,21)/t17-/m0/s1. The van der Waals surface area contributed by atoms with Gasteiger partial charge < -0.3 is 19.9 Å². The van der Waals surface area contributed by atoms with Gasteiger partial charge >= 0.3 is 0 Å². The minimum Gasteiger partial charge on any atom is -0.381 e. The smallest absolute Gasteiger partial charge is 0.193 e. The molecule has 1 N–H and O–H groups in total. The first-order valence-electron chi connectivity index (χ1n) is 9.03. The van der Waals surface area contributed by atoms with Gasteiger partial charge in [-0.3, -0.25) is 4.99 Å². The summed E-state index contributed by atoms with van der Waals surface area (Å²) >= 11 is 0. The van der Waals surface area contributed by atoms with Crippen LogP contribution in [0.4, 0.5) is 5.69 Å². The highest BCUT2D eigenvalue weighted by Gasteiger charge is 2.22. The van der Waals surface area contributed by atoms with Gasteiger partial charge in [0.15, 0.2) is 5.96 Å². The molecule has 5 nitrogen and oxygen atoms in total. The molecule has 132 valence electrons. The Morgan fingerprint density at radius 1 is 1.25 bits per heavy atom. The minimum atomic E-state index is 0.623. The quantitative estimate of drug-likeness (QED) is 0.680. The molecule has 1 aromatic carbocycles. The molecule has 0 aliphatic carbocycles. The van der Waals surface area contributed by atoms with E-state index in [1.807, 2.05) is 7.05 Å². The zero-order valence-electron chi connectivity index (χ0n) is 15.2. The Morgan fingerprint density at radius 3 is 2.71 bits per heavy atom. The maximum Gasteiger partial charge on any atom is 0.193 e. The van der Waals surface area contributed by atoms with Crippen LogP contribution in [0.2, 0.25) is 0 Å². The normalized spacial score (nSPS) is 22.1. The van der Waals surface area contributed by atoms with Crippen molar-refractivity contribution in [1.82, 2.24) is 10.2 Å². The molecule has 0 radical (unpaired) electrons. The molecule has 0 amide bonds. The lowest BCUT2D eigenvalue weighted by molar-refractivity contribution is 0.186. The van der Waals surface area contributed by atoms with E-state index in [1.54, 1.807) is 0 Å². The van der Waals surface area contributed by atoms with Crippen molar-refractivity contribution in [2.75, 3.05) is 57.9 Å². The SMILES string of the molecule is CN=C(NC[C@@H]1CCOC1)N1CCN(c2cccc(C)c2C)CC1. The van der Waals surface area contributed by atoms with Crippen molar-refractivity contribution in [2.45, 2.75) is 20.3 Å². The molecular weight excluding hydrogens is 300 g/mol. The van der Waals surface area contributed by atoms with Gasteiger partial charge in [0.05, 0.1) is 6.61 Å². The number of guanidine groups is 1. The Bertz CT molecular complexity index is 573. The molecule has 1 aromatic rings. The fourth-order valence-corrected chi connectivity index (χ4v) is 3.55. The third-order valence-corrected chi connectivity index (χ3v) is 5.28. The van der Waals surface area contributed by atoms with E-state index in [4.69, 9.17) is 4.74 Å². The van der Waals surface area contributed by atoms with Crippen LogP contribution in [-0.2, 0) is 4.74 Å².